The van der Waals surface area contributed by atoms with Gasteiger partial charge in [0.2, 0.25) is 0 Å². The molecule has 2 aliphatic heterocycles. The van der Waals surface area contributed by atoms with Gasteiger partial charge in [-0.05, 0) is 31.0 Å². The van der Waals surface area contributed by atoms with Crippen LogP contribution in [0.2, 0.25) is 0 Å². The number of benzene rings is 1. The van der Waals surface area contributed by atoms with Crippen LogP contribution in [-0.2, 0) is 14.4 Å². The van der Waals surface area contributed by atoms with Gasteiger partial charge in [0.05, 0.1) is 39.4 Å². The lowest BCUT2D eigenvalue weighted by Crippen LogP contribution is -2.53. The quantitative estimate of drug-likeness (QED) is 0.679. The van der Waals surface area contributed by atoms with Gasteiger partial charge in [-0.3, -0.25) is 4.79 Å². The number of ether oxygens (including phenoxy) is 3. The Hall–Kier alpha value is -3.29. The van der Waals surface area contributed by atoms with Gasteiger partial charge >= 0.3 is 6.09 Å². The summed E-state index contributed by atoms with van der Waals surface area (Å²) in [5.41, 5.74) is -0.159. The molecular weight excluding hydrogens is 416 g/mol. The van der Waals surface area contributed by atoms with E-state index < -0.39 is 11.6 Å². The van der Waals surface area contributed by atoms with E-state index >= 15 is 0 Å². The third-order valence-electron chi connectivity index (χ3n) is 5.81. The summed E-state index contributed by atoms with van der Waals surface area (Å²) in [5, 5.41) is 13.7. The number of nitrogens with one attached hydrogen (secondary N) is 1. The van der Waals surface area contributed by atoms with Crippen molar-refractivity contribution in [1.29, 1.82) is 5.26 Å². The molecule has 32 heavy (non-hydrogen) atoms. The van der Waals surface area contributed by atoms with Crippen LogP contribution in [0.3, 0.4) is 0 Å². The van der Waals surface area contributed by atoms with E-state index in [1.165, 1.54) is 19.1 Å². The van der Waals surface area contributed by atoms with Crippen LogP contribution in [0.5, 0.6) is 11.5 Å². The van der Waals surface area contributed by atoms with E-state index in [1.54, 1.807) is 37.4 Å². The maximum absolute atomic E-state index is 13.2. The molecule has 2 aliphatic rings. The number of hydrogen-bond donors (Lipinski definition) is 1. The second-order valence-corrected chi connectivity index (χ2v) is 7.62. The van der Waals surface area contributed by atoms with Crippen molar-refractivity contribution in [3.63, 3.8) is 0 Å². The fourth-order valence-electron chi connectivity index (χ4n) is 3.96. The molecule has 1 saturated heterocycles. The van der Waals surface area contributed by atoms with E-state index in [0.717, 1.165) is 0 Å². The first-order valence-corrected chi connectivity index (χ1v) is 10.3. The highest BCUT2D eigenvalue weighted by Crippen LogP contribution is 2.43. The number of nitriles is 1. The average molecular weight is 444 g/mol. The van der Waals surface area contributed by atoms with Crippen molar-refractivity contribution >= 4 is 17.6 Å². The van der Waals surface area contributed by atoms with Crippen molar-refractivity contribution in [2.45, 2.75) is 24.8 Å². The Kier molecular flexibility index (Phi) is 7.22. The number of hydrogen-bond acceptors (Lipinski definition) is 8. The molecule has 3 rings (SSSR count). The predicted octanol–water partition coefficient (Wildman–Crippen LogP) is 1.92. The number of piperidine rings is 1. The van der Waals surface area contributed by atoms with Crippen LogP contribution in [0.25, 0.3) is 5.57 Å². The summed E-state index contributed by atoms with van der Waals surface area (Å²) >= 11 is 0. The first-order valence-electron chi connectivity index (χ1n) is 10.3. The first kappa shape index (κ1) is 23.4. The van der Waals surface area contributed by atoms with Gasteiger partial charge in [0.25, 0.3) is 5.91 Å². The highest BCUT2D eigenvalue weighted by atomic mass is 16.7. The van der Waals surface area contributed by atoms with Gasteiger partial charge in [0, 0.05) is 32.2 Å². The molecule has 0 radical (unpaired) electrons. The number of nitrogens with zero attached hydrogens (tertiary/aromatic N) is 3. The average Bonchev–Trinajstić information content (AvgIpc) is 3.07. The van der Waals surface area contributed by atoms with Crippen LogP contribution >= 0.6 is 0 Å². The molecule has 0 aliphatic carbocycles. The van der Waals surface area contributed by atoms with Crippen LogP contribution in [0.1, 0.15) is 24.8 Å². The van der Waals surface area contributed by atoms with Crippen molar-refractivity contribution in [3.05, 3.63) is 29.5 Å². The fraction of sp³-hybridized carbons (Fsp3) is 0.500. The largest absolute Gasteiger partial charge is 0.497 e. The highest BCUT2D eigenvalue weighted by molar-refractivity contribution is 6.24. The molecule has 0 aromatic heterocycles. The molecule has 0 unspecified atom stereocenters. The molecule has 1 aromatic carbocycles. The maximum Gasteiger partial charge on any atom is 0.414 e. The van der Waals surface area contributed by atoms with Gasteiger partial charge in [-0.2, -0.15) is 10.3 Å². The van der Waals surface area contributed by atoms with Gasteiger partial charge < -0.3 is 29.3 Å². The summed E-state index contributed by atoms with van der Waals surface area (Å²) in [4.78, 5) is 32.7. The van der Waals surface area contributed by atoms with Gasteiger partial charge in [-0.1, -0.05) is 0 Å². The summed E-state index contributed by atoms with van der Waals surface area (Å²) < 4.78 is 16.7. The minimum atomic E-state index is -0.860. The summed E-state index contributed by atoms with van der Waals surface area (Å²) in [6, 6.07) is 7.12. The van der Waals surface area contributed by atoms with Crippen LogP contribution in [0.15, 0.2) is 24.0 Å². The molecule has 10 heteroatoms. The van der Waals surface area contributed by atoms with Crippen molar-refractivity contribution in [2.24, 2.45) is 0 Å². The van der Waals surface area contributed by atoms with E-state index in [4.69, 9.17) is 24.3 Å². The number of rotatable bonds is 7. The normalized spacial score (nSPS) is 17.7. The number of hydroxylamine groups is 2. The van der Waals surface area contributed by atoms with Crippen molar-refractivity contribution in [2.75, 3.05) is 48.0 Å². The second kappa shape index (κ2) is 9.89. The number of carbonyl (C=O) groups excluding carboxylic acids is 2. The van der Waals surface area contributed by atoms with E-state index in [2.05, 4.69) is 5.32 Å². The molecule has 1 aromatic rings. The zero-order chi connectivity index (χ0) is 23.3. The molecule has 1 N–H and O–H groups in total. The van der Waals surface area contributed by atoms with E-state index in [0.29, 0.717) is 43.0 Å². The molecule has 10 nitrogen and oxygen atoms in total. The topological polar surface area (TPSA) is 113 Å². The van der Waals surface area contributed by atoms with Gasteiger partial charge in [0.15, 0.2) is 0 Å². The minimum absolute atomic E-state index is 0.173. The molecule has 1 fully saturated rings. The van der Waals surface area contributed by atoms with Crippen molar-refractivity contribution < 1.29 is 28.6 Å². The summed E-state index contributed by atoms with van der Waals surface area (Å²) in [7, 11) is 6.18. The van der Waals surface area contributed by atoms with Crippen LogP contribution in [0, 0.1) is 11.3 Å². The number of methoxy groups -OCH3 is 2. The molecule has 1 spiro atoms. The summed E-state index contributed by atoms with van der Waals surface area (Å²) in [6.45, 7) is 1.31. The molecular formula is C22H28N4O6. The molecule has 2 heterocycles. The lowest BCUT2D eigenvalue weighted by Gasteiger charge is -2.39. The van der Waals surface area contributed by atoms with E-state index in [-0.39, 0.29) is 30.2 Å². The zero-order valence-electron chi connectivity index (χ0n) is 18.8. The molecule has 0 bridgehead atoms. The lowest BCUT2D eigenvalue weighted by molar-refractivity contribution is -0.152. The third kappa shape index (κ3) is 4.49. The van der Waals surface area contributed by atoms with Crippen LogP contribution in [-0.4, -0.2) is 75.5 Å². The Morgan fingerprint density at radius 2 is 1.97 bits per heavy atom. The Morgan fingerprint density at radius 1 is 1.25 bits per heavy atom. The number of amides is 2. The molecule has 2 amide bonds. The standard InChI is InChI=1S/C22H28N4O6/c1-25(11-5-10-23)21(28)32-19-18(16-14-15(29-2)6-7-17(16)30-3)20(27)24-22(19)8-12-26(31-4)13-9-22/h6-7,14H,5,8-9,11-13H2,1-4H3,(H,24,27). The second-order valence-electron chi connectivity index (χ2n) is 7.62. The molecule has 0 atom stereocenters. The zero-order valence-corrected chi connectivity index (χ0v) is 18.8. The minimum Gasteiger partial charge on any atom is -0.497 e. The maximum atomic E-state index is 13.2. The Morgan fingerprint density at radius 3 is 2.56 bits per heavy atom. The fourth-order valence-corrected chi connectivity index (χ4v) is 3.96. The van der Waals surface area contributed by atoms with Crippen molar-refractivity contribution in [1.82, 2.24) is 15.3 Å². The lowest BCUT2D eigenvalue weighted by atomic mass is 9.86. The Labute approximate surface area is 187 Å². The molecule has 172 valence electrons. The Balaban J connectivity index is 2.09. The van der Waals surface area contributed by atoms with Gasteiger partial charge in [-0.15, -0.1) is 0 Å². The first-order chi connectivity index (χ1) is 15.4. The van der Waals surface area contributed by atoms with E-state index in [1.807, 2.05) is 6.07 Å². The summed E-state index contributed by atoms with van der Waals surface area (Å²) in [5.74, 6) is 0.880. The predicted molar refractivity (Wildman–Crippen MR) is 114 cm³/mol. The Bertz CT molecular complexity index is 946. The van der Waals surface area contributed by atoms with Gasteiger partial charge in [-0.25, -0.2) is 4.79 Å². The van der Waals surface area contributed by atoms with E-state index in [9.17, 15) is 9.59 Å². The summed E-state index contributed by atoms with van der Waals surface area (Å²) in [6.07, 6.45) is 0.520. The highest BCUT2D eigenvalue weighted by Gasteiger charge is 2.50. The SMILES string of the molecule is COc1ccc(OC)c(C2=C(OC(=O)N(C)CCC#N)C3(CCN(OC)CC3)NC2=O)c1. The van der Waals surface area contributed by atoms with Crippen LogP contribution in [0.4, 0.5) is 4.79 Å². The van der Waals surface area contributed by atoms with Gasteiger partial charge in [0.1, 0.15) is 22.8 Å². The number of carbonyl (C=O) groups is 2. The van der Waals surface area contributed by atoms with Crippen LogP contribution < -0.4 is 14.8 Å². The van der Waals surface area contributed by atoms with Crippen molar-refractivity contribution in [3.8, 4) is 17.6 Å². The molecule has 0 saturated carbocycles. The monoisotopic (exact) mass is 444 g/mol. The third-order valence-corrected chi connectivity index (χ3v) is 5.81. The smallest absolute Gasteiger partial charge is 0.414 e.